The summed E-state index contributed by atoms with van der Waals surface area (Å²) >= 11 is 1.50. The van der Waals surface area contributed by atoms with Gasteiger partial charge in [-0.15, -0.1) is 11.3 Å². The molecule has 20 heavy (non-hydrogen) atoms. The van der Waals surface area contributed by atoms with Gasteiger partial charge in [-0.3, -0.25) is 0 Å². The Morgan fingerprint density at radius 3 is 2.35 bits per heavy atom. The highest BCUT2D eigenvalue weighted by Crippen LogP contribution is 2.33. The maximum Gasteiger partial charge on any atom is 0.416 e. The van der Waals surface area contributed by atoms with Gasteiger partial charge in [0, 0.05) is 16.9 Å². The van der Waals surface area contributed by atoms with Crippen molar-refractivity contribution in [1.82, 2.24) is 4.98 Å². The van der Waals surface area contributed by atoms with Crippen molar-refractivity contribution in [1.29, 1.82) is 0 Å². The molecule has 1 aromatic heterocycles. The van der Waals surface area contributed by atoms with Crippen LogP contribution < -0.4 is 0 Å². The largest absolute Gasteiger partial charge is 0.416 e. The van der Waals surface area contributed by atoms with E-state index in [0.29, 0.717) is 5.56 Å². The summed E-state index contributed by atoms with van der Waals surface area (Å²) < 4.78 is 37.5. The van der Waals surface area contributed by atoms with Crippen molar-refractivity contribution in [3.8, 4) is 10.6 Å². The lowest BCUT2D eigenvalue weighted by molar-refractivity contribution is -0.137. The first kappa shape index (κ1) is 14.8. The van der Waals surface area contributed by atoms with Crippen molar-refractivity contribution in [3.63, 3.8) is 0 Å². The Kier molecular flexibility index (Phi) is 3.99. The Bertz CT molecular complexity index is 624. The fourth-order valence-corrected chi connectivity index (χ4v) is 2.97. The molecule has 0 aliphatic rings. The monoisotopic (exact) mass is 297 g/mol. The van der Waals surface area contributed by atoms with Gasteiger partial charge in [0.1, 0.15) is 5.01 Å². The second-order valence-electron chi connectivity index (χ2n) is 4.74. The molecule has 0 unspecified atom stereocenters. The molecule has 0 N–H and O–H groups in total. The molecule has 0 aliphatic heterocycles. The number of hydrogen-bond acceptors (Lipinski definition) is 2. The number of nitrogens with zero attached hydrogens (tertiary/aromatic N) is 1. The molecule has 1 heterocycles. The van der Waals surface area contributed by atoms with Crippen molar-refractivity contribution in [3.05, 3.63) is 52.6 Å². The Morgan fingerprint density at radius 2 is 1.85 bits per heavy atom. The fraction of sp³-hybridized carbons (Fsp3) is 0.267. The molecule has 2 aromatic rings. The lowest BCUT2D eigenvalue weighted by Gasteiger charge is -2.06. The summed E-state index contributed by atoms with van der Waals surface area (Å²) in [6.45, 7) is 7.71. The van der Waals surface area contributed by atoms with E-state index >= 15 is 0 Å². The van der Waals surface area contributed by atoms with Gasteiger partial charge in [0.15, 0.2) is 0 Å². The topological polar surface area (TPSA) is 12.9 Å². The lowest BCUT2D eigenvalue weighted by Crippen LogP contribution is -2.03. The van der Waals surface area contributed by atoms with E-state index in [4.69, 9.17) is 0 Å². The lowest BCUT2D eigenvalue weighted by atomic mass is 10.1. The quantitative estimate of drug-likeness (QED) is 0.705. The molecule has 0 saturated carbocycles. The van der Waals surface area contributed by atoms with Crippen LogP contribution in [0.3, 0.4) is 0 Å². The van der Waals surface area contributed by atoms with Crippen molar-refractivity contribution >= 4 is 11.3 Å². The number of thiazole rings is 1. The molecule has 0 aliphatic carbocycles. The standard InChI is InChI=1S/C15H14F3NS/c1-9(2)8-13-10(3)19-14(20-13)11-4-6-12(7-5-11)15(16,17)18/h4-7H,1,8H2,2-3H3. The summed E-state index contributed by atoms with van der Waals surface area (Å²) in [6.07, 6.45) is -3.55. The maximum atomic E-state index is 12.5. The predicted octanol–water partition coefficient (Wildman–Crippen LogP) is 5.26. The molecule has 0 fully saturated rings. The normalized spacial score (nSPS) is 11.7. The summed E-state index contributed by atoms with van der Waals surface area (Å²) in [4.78, 5) is 5.53. The minimum absolute atomic E-state index is 0.642. The van der Waals surface area contributed by atoms with Gasteiger partial charge in [-0.1, -0.05) is 24.3 Å². The van der Waals surface area contributed by atoms with E-state index < -0.39 is 11.7 Å². The Labute approximate surface area is 119 Å². The second-order valence-corrected chi connectivity index (χ2v) is 5.82. The third-order valence-electron chi connectivity index (χ3n) is 2.81. The van der Waals surface area contributed by atoms with E-state index in [2.05, 4.69) is 11.6 Å². The predicted molar refractivity (Wildman–Crippen MR) is 75.8 cm³/mol. The summed E-state index contributed by atoms with van der Waals surface area (Å²) in [5.41, 5.74) is 2.01. The molecule has 0 amide bonds. The third kappa shape index (κ3) is 3.28. The summed E-state index contributed by atoms with van der Waals surface area (Å²) in [6, 6.07) is 5.10. The average Bonchev–Trinajstić information content (AvgIpc) is 2.69. The van der Waals surface area contributed by atoms with Crippen LogP contribution in [0.25, 0.3) is 10.6 Å². The molecule has 0 radical (unpaired) electrons. The van der Waals surface area contributed by atoms with Crippen LogP contribution in [0.5, 0.6) is 0 Å². The molecule has 0 spiro atoms. The summed E-state index contributed by atoms with van der Waals surface area (Å²) in [7, 11) is 0. The number of halogens is 3. The van der Waals surface area contributed by atoms with Crippen LogP contribution in [0.2, 0.25) is 0 Å². The Balaban J connectivity index is 2.30. The first-order valence-electron chi connectivity index (χ1n) is 6.05. The highest BCUT2D eigenvalue weighted by molar-refractivity contribution is 7.15. The van der Waals surface area contributed by atoms with E-state index in [1.54, 1.807) is 0 Å². The number of benzene rings is 1. The number of hydrogen-bond donors (Lipinski definition) is 0. The van der Waals surface area contributed by atoms with Crippen LogP contribution in [0.4, 0.5) is 13.2 Å². The van der Waals surface area contributed by atoms with Gasteiger partial charge in [-0.05, 0) is 26.0 Å². The molecular formula is C15H14F3NS. The Hall–Kier alpha value is -1.62. The van der Waals surface area contributed by atoms with Gasteiger partial charge in [-0.25, -0.2) is 4.98 Å². The zero-order valence-electron chi connectivity index (χ0n) is 11.2. The highest BCUT2D eigenvalue weighted by Gasteiger charge is 2.30. The average molecular weight is 297 g/mol. The fourth-order valence-electron chi connectivity index (χ4n) is 1.79. The van der Waals surface area contributed by atoms with Gasteiger partial charge in [0.25, 0.3) is 0 Å². The van der Waals surface area contributed by atoms with E-state index in [1.807, 2.05) is 13.8 Å². The third-order valence-corrected chi connectivity index (χ3v) is 4.02. The molecule has 1 aromatic carbocycles. The number of alkyl halides is 3. The molecular weight excluding hydrogens is 283 g/mol. The molecule has 1 nitrogen and oxygen atoms in total. The van der Waals surface area contributed by atoms with Crippen LogP contribution in [-0.2, 0) is 12.6 Å². The first-order chi connectivity index (χ1) is 9.27. The van der Waals surface area contributed by atoms with E-state index in [9.17, 15) is 13.2 Å². The van der Waals surface area contributed by atoms with Gasteiger partial charge < -0.3 is 0 Å². The summed E-state index contributed by atoms with van der Waals surface area (Å²) in [5.74, 6) is 0. The van der Waals surface area contributed by atoms with E-state index in [-0.39, 0.29) is 0 Å². The maximum absolute atomic E-state index is 12.5. The van der Waals surface area contributed by atoms with Crippen molar-refractivity contribution < 1.29 is 13.2 Å². The van der Waals surface area contributed by atoms with Crippen LogP contribution in [-0.4, -0.2) is 4.98 Å². The van der Waals surface area contributed by atoms with Gasteiger partial charge in [0.05, 0.1) is 11.3 Å². The van der Waals surface area contributed by atoms with Crippen molar-refractivity contribution in [2.24, 2.45) is 0 Å². The van der Waals surface area contributed by atoms with Gasteiger partial charge in [-0.2, -0.15) is 13.2 Å². The SMILES string of the molecule is C=C(C)Cc1sc(-c2ccc(C(F)(F)F)cc2)nc1C. The second kappa shape index (κ2) is 5.40. The van der Waals surface area contributed by atoms with Crippen LogP contribution in [0.15, 0.2) is 36.4 Å². The minimum atomic E-state index is -4.30. The Morgan fingerprint density at radius 1 is 1.25 bits per heavy atom. The first-order valence-corrected chi connectivity index (χ1v) is 6.87. The minimum Gasteiger partial charge on any atom is -0.241 e. The van der Waals surface area contributed by atoms with Crippen LogP contribution in [0, 0.1) is 6.92 Å². The number of aryl methyl sites for hydroxylation is 1. The molecule has 2 rings (SSSR count). The molecule has 0 atom stereocenters. The zero-order valence-corrected chi connectivity index (χ0v) is 12.0. The van der Waals surface area contributed by atoms with Gasteiger partial charge in [0.2, 0.25) is 0 Å². The molecule has 0 bridgehead atoms. The number of aromatic nitrogens is 1. The zero-order chi connectivity index (χ0) is 14.9. The van der Waals surface area contributed by atoms with Crippen LogP contribution in [0.1, 0.15) is 23.1 Å². The van der Waals surface area contributed by atoms with Crippen LogP contribution >= 0.6 is 11.3 Å². The van der Waals surface area contributed by atoms with Gasteiger partial charge >= 0.3 is 6.18 Å². The molecule has 5 heteroatoms. The van der Waals surface area contributed by atoms with Crippen molar-refractivity contribution in [2.45, 2.75) is 26.4 Å². The summed E-state index contributed by atoms with van der Waals surface area (Å²) in [5, 5.41) is 0.743. The smallest absolute Gasteiger partial charge is 0.241 e. The molecule has 106 valence electrons. The highest BCUT2D eigenvalue weighted by atomic mass is 32.1. The van der Waals surface area contributed by atoms with E-state index in [0.717, 1.165) is 39.7 Å². The van der Waals surface area contributed by atoms with Crippen molar-refractivity contribution in [2.75, 3.05) is 0 Å². The molecule has 0 saturated heterocycles. The number of rotatable bonds is 3. The van der Waals surface area contributed by atoms with E-state index in [1.165, 1.54) is 23.5 Å². The number of allylic oxidation sites excluding steroid dienone is 1.